The zero-order valence-corrected chi connectivity index (χ0v) is 16.1. The topological polar surface area (TPSA) is 104 Å². The number of rotatable bonds is 6. The number of thioether (sulfide) groups is 1. The standard InChI is InChI=1S/C19H16F3N3O4S/c20-19(21,22)18(28,14-7-3-9-29-14)10-15(26)24-25-16(27)11-30-13-6-1-4-12-5-2-8-23-17(12)13/h1-9,28H,10-11H2,(H,24,26)(H,25,27)/t18-/m0/s1. The summed E-state index contributed by atoms with van der Waals surface area (Å²) in [5.74, 6) is -2.82. The maximum Gasteiger partial charge on any atom is 0.425 e. The lowest BCUT2D eigenvalue weighted by Crippen LogP contribution is -2.49. The summed E-state index contributed by atoms with van der Waals surface area (Å²) in [6, 6.07) is 11.2. The van der Waals surface area contributed by atoms with Gasteiger partial charge in [-0.15, -0.1) is 11.8 Å². The monoisotopic (exact) mass is 439 g/mol. The summed E-state index contributed by atoms with van der Waals surface area (Å²) in [6.45, 7) is 0. The van der Waals surface area contributed by atoms with Gasteiger partial charge in [-0.1, -0.05) is 18.2 Å². The minimum Gasteiger partial charge on any atom is -0.466 e. The first-order valence-corrected chi connectivity index (χ1v) is 9.56. The van der Waals surface area contributed by atoms with Crippen LogP contribution in [0.4, 0.5) is 13.2 Å². The van der Waals surface area contributed by atoms with E-state index in [1.165, 1.54) is 0 Å². The summed E-state index contributed by atoms with van der Waals surface area (Å²) in [4.78, 5) is 28.9. The van der Waals surface area contributed by atoms with Crippen LogP contribution in [0, 0.1) is 0 Å². The second-order valence-corrected chi connectivity index (χ2v) is 7.25. The summed E-state index contributed by atoms with van der Waals surface area (Å²) in [7, 11) is 0. The molecule has 0 spiro atoms. The molecule has 11 heteroatoms. The summed E-state index contributed by atoms with van der Waals surface area (Å²) in [6.07, 6.45) is -3.98. The van der Waals surface area contributed by atoms with E-state index in [0.29, 0.717) is 5.52 Å². The SMILES string of the molecule is O=C(CSc1cccc2cccnc12)NNC(=O)C[C@](O)(c1ccco1)C(F)(F)F. The van der Waals surface area contributed by atoms with Gasteiger partial charge in [-0.25, -0.2) is 0 Å². The van der Waals surface area contributed by atoms with Crippen molar-refractivity contribution in [2.45, 2.75) is 23.1 Å². The van der Waals surface area contributed by atoms with E-state index in [0.717, 1.165) is 40.4 Å². The molecule has 0 aliphatic heterocycles. The first-order chi connectivity index (χ1) is 14.2. The highest BCUT2D eigenvalue weighted by atomic mass is 32.2. The lowest BCUT2D eigenvalue weighted by Gasteiger charge is -2.27. The Bertz CT molecular complexity index is 1040. The lowest BCUT2D eigenvalue weighted by molar-refractivity contribution is -0.273. The van der Waals surface area contributed by atoms with E-state index in [1.54, 1.807) is 24.4 Å². The van der Waals surface area contributed by atoms with Gasteiger partial charge in [-0.05, 0) is 24.3 Å². The van der Waals surface area contributed by atoms with Crippen LogP contribution in [0.15, 0.2) is 64.2 Å². The molecule has 3 N–H and O–H groups in total. The van der Waals surface area contributed by atoms with E-state index in [2.05, 4.69) is 9.40 Å². The number of fused-ring (bicyclic) bond motifs is 1. The molecule has 2 heterocycles. The van der Waals surface area contributed by atoms with Crippen molar-refractivity contribution in [2.75, 3.05) is 5.75 Å². The summed E-state index contributed by atoms with van der Waals surface area (Å²) in [5, 5.41) is 10.9. The van der Waals surface area contributed by atoms with E-state index in [9.17, 15) is 27.9 Å². The van der Waals surface area contributed by atoms with Crippen molar-refractivity contribution in [3.63, 3.8) is 0 Å². The molecule has 0 bridgehead atoms. The Morgan fingerprint density at radius 3 is 2.50 bits per heavy atom. The van der Waals surface area contributed by atoms with Crippen LogP contribution in [0.2, 0.25) is 0 Å². The molecule has 0 aliphatic carbocycles. The highest BCUT2D eigenvalue weighted by molar-refractivity contribution is 8.00. The number of alkyl halides is 3. The molecular formula is C19H16F3N3O4S. The average Bonchev–Trinajstić information content (AvgIpc) is 3.25. The fourth-order valence-electron chi connectivity index (χ4n) is 2.63. The van der Waals surface area contributed by atoms with Gasteiger partial charge in [0.05, 0.1) is 24.0 Å². The zero-order valence-electron chi connectivity index (χ0n) is 15.3. The Kier molecular flexibility index (Phi) is 6.32. The molecule has 0 unspecified atom stereocenters. The largest absolute Gasteiger partial charge is 0.466 e. The third-order valence-electron chi connectivity index (χ3n) is 4.11. The Morgan fingerprint density at radius 1 is 1.07 bits per heavy atom. The van der Waals surface area contributed by atoms with Gasteiger partial charge in [-0.3, -0.25) is 25.4 Å². The molecule has 0 fully saturated rings. The minimum absolute atomic E-state index is 0.113. The first-order valence-electron chi connectivity index (χ1n) is 8.58. The van der Waals surface area contributed by atoms with Gasteiger partial charge in [0, 0.05) is 16.5 Å². The molecule has 0 radical (unpaired) electrons. The van der Waals surface area contributed by atoms with Crippen molar-refractivity contribution in [1.82, 2.24) is 15.8 Å². The summed E-state index contributed by atoms with van der Waals surface area (Å²) < 4.78 is 44.5. The maximum absolute atomic E-state index is 13.3. The van der Waals surface area contributed by atoms with Crippen LogP contribution in [0.25, 0.3) is 10.9 Å². The van der Waals surface area contributed by atoms with Gasteiger partial charge in [0.1, 0.15) is 5.76 Å². The molecule has 1 atom stereocenters. The first kappa shape index (κ1) is 21.7. The predicted molar refractivity (Wildman–Crippen MR) is 102 cm³/mol. The molecule has 7 nitrogen and oxygen atoms in total. The van der Waals surface area contributed by atoms with Gasteiger partial charge in [0.25, 0.3) is 0 Å². The number of amides is 2. The lowest BCUT2D eigenvalue weighted by atomic mass is 9.95. The number of carbonyl (C=O) groups excluding carboxylic acids is 2. The molecule has 0 saturated heterocycles. The molecule has 3 rings (SSSR count). The van der Waals surface area contributed by atoms with Crippen molar-refractivity contribution >= 4 is 34.5 Å². The van der Waals surface area contributed by atoms with Crippen LogP contribution >= 0.6 is 11.8 Å². The van der Waals surface area contributed by atoms with Gasteiger partial charge >= 0.3 is 6.18 Å². The smallest absolute Gasteiger partial charge is 0.425 e. The number of furan rings is 1. The second-order valence-electron chi connectivity index (χ2n) is 6.23. The van der Waals surface area contributed by atoms with Crippen LogP contribution in [0.5, 0.6) is 0 Å². The zero-order chi connectivity index (χ0) is 21.8. The molecule has 0 saturated carbocycles. The number of carbonyl (C=O) groups is 2. The normalized spacial score (nSPS) is 13.6. The van der Waals surface area contributed by atoms with Crippen molar-refractivity contribution in [3.05, 3.63) is 60.7 Å². The fraction of sp³-hybridized carbons (Fsp3) is 0.211. The van der Waals surface area contributed by atoms with Crippen LogP contribution in [-0.2, 0) is 15.2 Å². The number of hydrogen-bond donors (Lipinski definition) is 3. The highest BCUT2D eigenvalue weighted by Gasteiger charge is 2.58. The minimum atomic E-state index is -5.16. The molecule has 30 heavy (non-hydrogen) atoms. The predicted octanol–water partition coefficient (Wildman–Crippen LogP) is 2.91. The van der Waals surface area contributed by atoms with Gasteiger partial charge in [-0.2, -0.15) is 13.2 Å². The number of hydrazine groups is 1. The van der Waals surface area contributed by atoms with E-state index in [4.69, 9.17) is 0 Å². The Morgan fingerprint density at radius 2 is 1.80 bits per heavy atom. The van der Waals surface area contributed by atoms with Gasteiger partial charge in [0.2, 0.25) is 17.4 Å². The second kappa shape index (κ2) is 8.76. The van der Waals surface area contributed by atoms with Crippen molar-refractivity contribution in [2.24, 2.45) is 0 Å². The van der Waals surface area contributed by atoms with E-state index in [-0.39, 0.29) is 5.75 Å². The highest BCUT2D eigenvalue weighted by Crippen LogP contribution is 2.41. The number of benzene rings is 1. The van der Waals surface area contributed by atoms with Crippen molar-refractivity contribution < 1.29 is 32.3 Å². The Hall–Kier alpha value is -3.05. The number of halogens is 3. The fourth-order valence-corrected chi connectivity index (χ4v) is 3.47. The van der Waals surface area contributed by atoms with Crippen LogP contribution in [0.3, 0.4) is 0 Å². The number of para-hydroxylation sites is 1. The molecule has 2 aromatic heterocycles. The number of hydrogen-bond acceptors (Lipinski definition) is 6. The maximum atomic E-state index is 13.3. The third kappa shape index (κ3) is 4.74. The third-order valence-corrected chi connectivity index (χ3v) is 5.16. The number of nitrogens with one attached hydrogen (secondary N) is 2. The summed E-state index contributed by atoms with van der Waals surface area (Å²) >= 11 is 1.15. The average molecular weight is 439 g/mol. The number of nitrogens with zero attached hydrogens (tertiary/aromatic N) is 1. The van der Waals surface area contributed by atoms with E-state index < -0.39 is 35.8 Å². The van der Waals surface area contributed by atoms with Crippen LogP contribution < -0.4 is 10.9 Å². The molecule has 0 aliphatic rings. The molecule has 158 valence electrons. The molecular weight excluding hydrogens is 423 g/mol. The molecule has 2 amide bonds. The van der Waals surface area contributed by atoms with Crippen molar-refractivity contribution in [1.29, 1.82) is 0 Å². The van der Waals surface area contributed by atoms with Crippen LogP contribution in [0.1, 0.15) is 12.2 Å². The Labute approximate surface area is 172 Å². The van der Waals surface area contributed by atoms with Gasteiger partial charge < -0.3 is 9.52 Å². The van der Waals surface area contributed by atoms with Crippen molar-refractivity contribution in [3.8, 4) is 0 Å². The number of aromatic nitrogens is 1. The Balaban J connectivity index is 1.56. The quantitative estimate of drug-likeness (QED) is 0.403. The molecule has 3 aromatic rings. The number of pyridine rings is 1. The summed E-state index contributed by atoms with van der Waals surface area (Å²) in [5.41, 5.74) is 1.09. The van der Waals surface area contributed by atoms with E-state index in [1.807, 2.05) is 23.0 Å². The van der Waals surface area contributed by atoms with Crippen LogP contribution in [-0.4, -0.2) is 33.8 Å². The number of aliphatic hydroxyl groups is 1. The van der Waals surface area contributed by atoms with E-state index >= 15 is 0 Å². The molecule has 1 aromatic carbocycles. The van der Waals surface area contributed by atoms with Gasteiger partial charge in [0.15, 0.2) is 0 Å².